The molecule has 1 aromatic rings. The van der Waals surface area contributed by atoms with Crippen LogP contribution < -0.4 is 10.1 Å². The molecule has 156 valence electrons. The molecule has 0 radical (unpaired) electrons. The Hall–Kier alpha value is -1.49. The average Bonchev–Trinajstić information content (AvgIpc) is 3.08. The van der Waals surface area contributed by atoms with Crippen LogP contribution in [-0.4, -0.2) is 65.5 Å². The number of nitrogens with zero attached hydrogens (tertiary/aromatic N) is 1. The monoisotopic (exact) mass is 420 g/mol. The number of methoxy groups -OCH3 is 1. The Labute approximate surface area is 165 Å². The van der Waals surface area contributed by atoms with Gasteiger partial charge < -0.3 is 25.0 Å². The van der Waals surface area contributed by atoms with E-state index in [1.807, 2.05) is 0 Å². The van der Waals surface area contributed by atoms with Crippen LogP contribution in [0.3, 0.4) is 0 Å². The molecule has 0 unspecified atom stereocenters. The fraction of sp³-hybridized carbons (Fsp3) is 0.611. The number of hydrogen-bond acceptors (Lipinski definition) is 7. The lowest BCUT2D eigenvalue weighted by Gasteiger charge is -2.42. The lowest BCUT2D eigenvalue weighted by Crippen LogP contribution is -2.59. The van der Waals surface area contributed by atoms with Crippen molar-refractivity contribution in [3.63, 3.8) is 0 Å². The molecule has 10 heteroatoms. The van der Waals surface area contributed by atoms with Crippen molar-refractivity contribution in [1.82, 2.24) is 5.32 Å². The topological polar surface area (TPSA) is 83.3 Å². The number of fused-ring (bicyclic) bond motifs is 1. The number of rotatable bonds is 5. The number of thioether (sulfide) groups is 1. The summed E-state index contributed by atoms with van der Waals surface area (Å²) in [5.41, 5.74) is -0.0495. The predicted octanol–water partition coefficient (Wildman–Crippen LogP) is 1.94. The van der Waals surface area contributed by atoms with E-state index in [4.69, 9.17) is 9.47 Å². The minimum absolute atomic E-state index is 0.149. The number of amidine groups is 1. The van der Waals surface area contributed by atoms with E-state index < -0.39 is 41.9 Å². The maximum Gasteiger partial charge on any atom is 0.394 e. The first-order chi connectivity index (χ1) is 13.2. The first-order valence-corrected chi connectivity index (χ1v) is 9.76. The van der Waals surface area contributed by atoms with E-state index in [2.05, 4.69) is 10.3 Å². The summed E-state index contributed by atoms with van der Waals surface area (Å²) in [6, 6.07) is 5.98. The minimum Gasteiger partial charge on any atom is -0.497 e. The molecule has 6 atom stereocenters. The summed E-state index contributed by atoms with van der Waals surface area (Å²) in [6.45, 7) is 0. The van der Waals surface area contributed by atoms with Gasteiger partial charge in [-0.15, -0.1) is 0 Å². The quantitative estimate of drug-likeness (QED) is 0.676. The highest BCUT2D eigenvalue weighted by Crippen LogP contribution is 2.43. The van der Waals surface area contributed by atoms with Crippen LogP contribution in [0.1, 0.15) is 12.0 Å². The number of aliphatic hydroxyl groups is 2. The van der Waals surface area contributed by atoms with Crippen molar-refractivity contribution in [1.29, 1.82) is 0 Å². The predicted molar refractivity (Wildman–Crippen MR) is 99.4 cm³/mol. The number of aryl methyl sites for hydroxylation is 1. The third-order valence-corrected chi connectivity index (χ3v) is 6.19. The van der Waals surface area contributed by atoms with E-state index in [0.29, 0.717) is 10.9 Å². The van der Waals surface area contributed by atoms with Crippen LogP contribution in [0.4, 0.5) is 13.2 Å². The van der Waals surface area contributed by atoms with Crippen molar-refractivity contribution in [3.8, 4) is 5.75 Å². The van der Waals surface area contributed by atoms with Crippen molar-refractivity contribution in [3.05, 3.63) is 29.8 Å². The lowest BCUT2D eigenvalue weighted by molar-refractivity contribution is -0.250. The van der Waals surface area contributed by atoms with E-state index in [1.165, 1.54) is 7.11 Å². The molecule has 3 rings (SSSR count). The fourth-order valence-electron chi connectivity index (χ4n) is 3.47. The molecule has 0 aromatic heterocycles. The fourth-order valence-corrected chi connectivity index (χ4v) is 4.53. The summed E-state index contributed by atoms with van der Waals surface area (Å²) in [7, 11) is 3.14. The number of ether oxygens (including phenoxy) is 2. The summed E-state index contributed by atoms with van der Waals surface area (Å²) >= 11 is 1.12. The number of aliphatic imine (C=N–C) groups is 1. The van der Waals surface area contributed by atoms with Crippen LogP contribution in [0, 0.1) is 5.92 Å². The molecular formula is C18H23F3N2O4S. The zero-order chi connectivity index (χ0) is 20.5. The molecule has 1 fully saturated rings. The van der Waals surface area contributed by atoms with E-state index in [-0.39, 0.29) is 12.8 Å². The molecule has 0 saturated carbocycles. The SMILES string of the molecule is CNC1=N[C@@H]2[C@@H](O)[C@H](O)[C@@H]([C@@H](CCc3ccc(OC)cc3)C(F)(F)F)O[C@@H]2S1. The second-order valence-corrected chi connectivity index (χ2v) is 7.86. The lowest BCUT2D eigenvalue weighted by atomic mass is 9.85. The summed E-state index contributed by atoms with van der Waals surface area (Å²) in [6.07, 6.45) is -9.37. The van der Waals surface area contributed by atoms with E-state index in [9.17, 15) is 23.4 Å². The van der Waals surface area contributed by atoms with Crippen molar-refractivity contribution in [2.45, 2.75) is 48.8 Å². The summed E-state index contributed by atoms with van der Waals surface area (Å²) in [4.78, 5) is 4.17. The Morgan fingerprint density at radius 2 is 1.93 bits per heavy atom. The zero-order valence-corrected chi connectivity index (χ0v) is 16.2. The number of benzene rings is 1. The number of halogens is 3. The van der Waals surface area contributed by atoms with Crippen LogP contribution in [-0.2, 0) is 11.2 Å². The van der Waals surface area contributed by atoms with Crippen LogP contribution >= 0.6 is 11.8 Å². The Morgan fingerprint density at radius 1 is 1.25 bits per heavy atom. The smallest absolute Gasteiger partial charge is 0.394 e. The van der Waals surface area contributed by atoms with Crippen molar-refractivity contribution in [2.24, 2.45) is 10.9 Å². The number of alkyl halides is 3. The highest BCUT2D eigenvalue weighted by atomic mass is 32.2. The van der Waals surface area contributed by atoms with Crippen LogP contribution in [0.15, 0.2) is 29.3 Å². The van der Waals surface area contributed by atoms with Gasteiger partial charge in [-0.25, -0.2) is 0 Å². The second-order valence-electron chi connectivity index (χ2n) is 6.78. The highest BCUT2D eigenvalue weighted by Gasteiger charge is 2.55. The largest absolute Gasteiger partial charge is 0.497 e. The van der Waals surface area contributed by atoms with Gasteiger partial charge in [0, 0.05) is 7.05 Å². The molecular weight excluding hydrogens is 397 g/mol. The molecule has 0 bridgehead atoms. The van der Waals surface area contributed by atoms with Gasteiger partial charge in [0.1, 0.15) is 29.4 Å². The molecule has 28 heavy (non-hydrogen) atoms. The van der Waals surface area contributed by atoms with Crippen LogP contribution in [0.5, 0.6) is 5.75 Å². The first kappa shape index (κ1) is 21.2. The van der Waals surface area contributed by atoms with Crippen molar-refractivity contribution >= 4 is 16.9 Å². The second kappa shape index (κ2) is 8.48. The van der Waals surface area contributed by atoms with E-state index in [1.54, 1.807) is 31.3 Å². The third kappa shape index (κ3) is 4.40. The molecule has 2 aliphatic heterocycles. The average molecular weight is 420 g/mol. The zero-order valence-electron chi connectivity index (χ0n) is 15.4. The summed E-state index contributed by atoms with van der Waals surface area (Å²) in [5.74, 6) is -1.30. The molecule has 0 aliphatic carbocycles. The van der Waals surface area contributed by atoms with Gasteiger partial charge in [-0.2, -0.15) is 13.2 Å². The molecule has 3 N–H and O–H groups in total. The number of nitrogens with one attached hydrogen (secondary N) is 1. The minimum atomic E-state index is -4.58. The van der Waals surface area contributed by atoms with Crippen LogP contribution in [0.2, 0.25) is 0 Å². The van der Waals surface area contributed by atoms with Gasteiger partial charge in [-0.05, 0) is 30.5 Å². The third-order valence-electron chi connectivity index (χ3n) is 5.03. The van der Waals surface area contributed by atoms with E-state index in [0.717, 1.165) is 17.3 Å². The number of hydrogen-bond donors (Lipinski definition) is 3. The Balaban J connectivity index is 1.74. The van der Waals surface area contributed by atoms with Crippen molar-refractivity contribution < 1.29 is 32.9 Å². The molecule has 0 amide bonds. The Morgan fingerprint density at radius 3 is 2.50 bits per heavy atom. The number of aliphatic hydroxyl groups excluding tert-OH is 2. The molecule has 2 aliphatic rings. The van der Waals surface area contributed by atoms with Gasteiger partial charge in [-0.1, -0.05) is 23.9 Å². The van der Waals surface area contributed by atoms with Crippen LogP contribution in [0.25, 0.3) is 0 Å². The standard InChI is InChI=1S/C18H23F3N2O4S/c1-22-17-23-12-13(24)14(25)15(27-16(12)28-17)11(18(19,20)21)8-5-9-3-6-10(26-2)7-4-9/h3-4,6-7,11-16,24-25H,5,8H2,1-2H3,(H,22,23)/t11-,12-,13-,14+,15-,16-/m1/s1. The van der Waals surface area contributed by atoms with Gasteiger partial charge in [0.2, 0.25) is 0 Å². The van der Waals surface area contributed by atoms with Gasteiger partial charge >= 0.3 is 6.18 Å². The Bertz CT molecular complexity index is 701. The van der Waals surface area contributed by atoms with Gasteiger partial charge in [-0.3, -0.25) is 4.99 Å². The molecule has 2 heterocycles. The maximum absolute atomic E-state index is 13.8. The Kier molecular flexibility index (Phi) is 6.43. The van der Waals surface area contributed by atoms with Gasteiger partial charge in [0.25, 0.3) is 0 Å². The van der Waals surface area contributed by atoms with Gasteiger partial charge in [0.15, 0.2) is 5.17 Å². The molecule has 1 saturated heterocycles. The normalized spacial score (nSPS) is 31.1. The highest BCUT2D eigenvalue weighted by molar-refractivity contribution is 8.14. The maximum atomic E-state index is 13.8. The molecule has 6 nitrogen and oxygen atoms in total. The molecule has 0 spiro atoms. The summed E-state index contributed by atoms with van der Waals surface area (Å²) < 4.78 is 52.0. The van der Waals surface area contributed by atoms with E-state index >= 15 is 0 Å². The van der Waals surface area contributed by atoms with Crippen molar-refractivity contribution in [2.75, 3.05) is 14.2 Å². The van der Waals surface area contributed by atoms with Gasteiger partial charge in [0.05, 0.1) is 19.1 Å². The molecule has 1 aromatic carbocycles. The summed E-state index contributed by atoms with van der Waals surface area (Å²) in [5, 5.41) is 23.9. The first-order valence-electron chi connectivity index (χ1n) is 8.88.